The molecule has 1 fully saturated rings. The van der Waals surface area contributed by atoms with E-state index in [1.165, 1.54) is 31.2 Å². The van der Waals surface area contributed by atoms with Crippen molar-refractivity contribution >= 4 is 11.8 Å². The monoisotopic (exact) mass is 247 g/mol. The van der Waals surface area contributed by atoms with Gasteiger partial charge in [0.15, 0.2) is 0 Å². The van der Waals surface area contributed by atoms with Crippen molar-refractivity contribution in [3.8, 4) is 0 Å². The van der Waals surface area contributed by atoms with E-state index in [1.54, 1.807) is 0 Å². The number of rotatable bonds is 2. The summed E-state index contributed by atoms with van der Waals surface area (Å²) < 4.78 is 0. The summed E-state index contributed by atoms with van der Waals surface area (Å²) in [7, 11) is 2.15. The van der Waals surface area contributed by atoms with Crippen LogP contribution in [0.4, 0.5) is 11.8 Å². The van der Waals surface area contributed by atoms with Crippen molar-refractivity contribution in [2.75, 3.05) is 24.2 Å². The average molecular weight is 247 g/mol. The lowest BCUT2D eigenvalue weighted by atomic mass is 10.1. The molecule has 0 radical (unpaired) electrons. The zero-order valence-electron chi connectivity index (χ0n) is 10.9. The van der Waals surface area contributed by atoms with Gasteiger partial charge in [-0.2, -0.15) is 4.98 Å². The molecule has 2 heterocycles. The smallest absolute Gasteiger partial charge is 0.222 e. The number of nitrogens with one attached hydrogen (secondary N) is 1. The van der Waals surface area contributed by atoms with E-state index in [0.29, 0.717) is 12.0 Å². The Morgan fingerprint density at radius 3 is 2.83 bits per heavy atom. The van der Waals surface area contributed by atoms with Gasteiger partial charge in [-0.05, 0) is 12.8 Å². The minimum absolute atomic E-state index is 0.412. The molecule has 3 N–H and O–H groups in total. The highest BCUT2D eigenvalue weighted by Crippen LogP contribution is 2.30. The van der Waals surface area contributed by atoms with Gasteiger partial charge in [-0.25, -0.2) is 4.98 Å². The molecule has 5 heteroatoms. The lowest BCUT2D eigenvalue weighted by molar-refractivity contribution is 0.605. The van der Waals surface area contributed by atoms with Crippen LogP contribution in [-0.2, 0) is 13.0 Å². The van der Waals surface area contributed by atoms with Gasteiger partial charge in [0.1, 0.15) is 5.82 Å². The summed E-state index contributed by atoms with van der Waals surface area (Å²) in [6, 6.07) is 0.616. The first kappa shape index (κ1) is 11.7. The van der Waals surface area contributed by atoms with Crippen molar-refractivity contribution in [2.24, 2.45) is 0 Å². The summed E-state index contributed by atoms with van der Waals surface area (Å²) in [5, 5.41) is 3.40. The number of fused-ring (bicyclic) bond motifs is 1. The van der Waals surface area contributed by atoms with E-state index in [-0.39, 0.29) is 0 Å². The standard InChI is InChI=1S/C13H21N5/c1-18(9-4-2-3-5-9)12-10-8-15-7-6-11(10)16-13(14)17-12/h9,15H,2-8H2,1H3,(H2,14,16,17). The zero-order chi connectivity index (χ0) is 12.5. The van der Waals surface area contributed by atoms with Crippen LogP contribution < -0.4 is 16.0 Å². The number of nitrogens with zero attached hydrogens (tertiary/aromatic N) is 3. The van der Waals surface area contributed by atoms with Crippen LogP contribution in [0, 0.1) is 0 Å². The molecule has 3 rings (SSSR count). The summed E-state index contributed by atoms with van der Waals surface area (Å²) in [5.74, 6) is 1.45. The zero-order valence-corrected chi connectivity index (χ0v) is 10.9. The Labute approximate surface area is 108 Å². The molecule has 0 aromatic carbocycles. The fourth-order valence-electron chi connectivity index (χ4n) is 3.10. The molecule has 18 heavy (non-hydrogen) atoms. The predicted octanol–water partition coefficient (Wildman–Crippen LogP) is 1.08. The van der Waals surface area contributed by atoms with Crippen LogP contribution >= 0.6 is 0 Å². The highest BCUT2D eigenvalue weighted by Gasteiger charge is 2.25. The van der Waals surface area contributed by atoms with E-state index in [1.807, 2.05) is 0 Å². The Balaban J connectivity index is 1.96. The largest absolute Gasteiger partial charge is 0.368 e. The van der Waals surface area contributed by atoms with E-state index >= 15 is 0 Å². The summed E-state index contributed by atoms with van der Waals surface area (Å²) in [4.78, 5) is 11.2. The molecule has 5 nitrogen and oxygen atoms in total. The Morgan fingerprint density at radius 1 is 1.28 bits per heavy atom. The molecule has 1 aliphatic heterocycles. The molecular weight excluding hydrogens is 226 g/mol. The predicted molar refractivity (Wildman–Crippen MR) is 72.5 cm³/mol. The van der Waals surface area contributed by atoms with Gasteiger partial charge in [0.2, 0.25) is 5.95 Å². The highest BCUT2D eigenvalue weighted by atomic mass is 15.2. The summed E-state index contributed by atoms with van der Waals surface area (Å²) in [6.45, 7) is 1.85. The number of hydrogen-bond donors (Lipinski definition) is 2. The second kappa shape index (κ2) is 4.72. The lowest BCUT2D eigenvalue weighted by Gasteiger charge is -2.29. The highest BCUT2D eigenvalue weighted by molar-refractivity contribution is 5.53. The summed E-state index contributed by atoms with van der Waals surface area (Å²) in [6.07, 6.45) is 6.14. The van der Waals surface area contributed by atoms with Crippen molar-refractivity contribution in [1.29, 1.82) is 0 Å². The molecule has 0 bridgehead atoms. The van der Waals surface area contributed by atoms with Gasteiger partial charge in [0.25, 0.3) is 0 Å². The Hall–Kier alpha value is -1.36. The van der Waals surface area contributed by atoms with Crippen LogP contribution in [0.2, 0.25) is 0 Å². The van der Waals surface area contributed by atoms with Crippen LogP contribution in [-0.4, -0.2) is 29.6 Å². The number of nitrogens with two attached hydrogens (primary N) is 1. The van der Waals surface area contributed by atoms with E-state index in [2.05, 4.69) is 27.2 Å². The number of hydrogen-bond acceptors (Lipinski definition) is 5. The van der Waals surface area contributed by atoms with Crippen LogP contribution in [0.15, 0.2) is 0 Å². The summed E-state index contributed by atoms with van der Waals surface area (Å²) >= 11 is 0. The molecule has 1 aromatic rings. The summed E-state index contributed by atoms with van der Waals surface area (Å²) in [5.41, 5.74) is 8.22. The van der Waals surface area contributed by atoms with E-state index < -0.39 is 0 Å². The average Bonchev–Trinajstić information content (AvgIpc) is 2.90. The number of anilines is 2. The second-order valence-electron chi connectivity index (χ2n) is 5.31. The Morgan fingerprint density at radius 2 is 2.06 bits per heavy atom. The molecule has 0 amide bonds. The lowest BCUT2D eigenvalue weighted by Crippen LogP contribution is -2.34. The van der Waals surface area contributed by atoms with Crippen LogP contribution in [0.3, 0.4) is 0 Å². The van der Waals surface area contributed by atoms with Crippen molar-refractivity contribution in [3.05, 3.63) is 11.3 Å². The van der Waals surface area contributed by atoms with Gasteiger partial charge in [-0.3, -0.25) is 0 Å². The molecule has 0 unspecified atom stereocenters. The van der Waals surface area contributed by atoms with Crippen LogP contribution in [0.1, 0.15) is 36.9 Å². The fourth-order valence-corrected chi connectivity index (χ4v) is 3.10. The third-order valence-corrected chi connectivity index (χ3v) is 4.14. The maximum Gasteiger partial charge on any atom is 0.222 e. The first-order valence-electron chi connectivity index (χ1n) is 6.84. The van der Waals surface area contributed by atoms with Crippen LogP contribution in [0.25, 0.3) is 0 Å². The molecule has 1 aliphatic carbocycles. The molecule has 1 aromatic heterocycles. The molecular formula is C13H21N5. The third kappa shape index (κ3) is 2.03. The van der Waals surface area contributed by atoms with Crippen molar-refractivity contribution in [2.45, 2.75) is 44.7 Å². The van der Waals surface area contributed by atoms with E-state index in [0.717, 1.165) is 31.0 Å². The van der Waals surface area contributed by atoms with Gasteiger partial charge >= 0.3 is 0 Å². The number of nitrogen functional groups attached to an aromatic ring is 1. The maximum atomic E-state index is 5.85. The molecule has 2 aliphatic rings. The number of aromatic nitrogens is 2. The maximum absolute atomic E-state index is 5.85. The first-order chi connectivity index (χ1) is 8.75. The minimum atomic E-state index is 0.412. The SMILES string of the molecule is CN(c1nc(N)nc2c1CNCC2)C1CCCC1. The molecule has 98 valence electrons. The normalized spacial score (nSPS) is 19.8. The minimum Gasteiger partial charge on any atom is -0.368 e. The van der Waals surface area contributed by atoms with Gasteiger partial charge in [-0.1, -0.05) is 12.8 Å². The van der Waals surface area contributed by atoms with Crippen molar-refractivity contribution < 1.29 is 0 Å². The molecule has 0 spiro atoms. The first-order valence-corrected chi connectivity index (χ1v) is 6.84. The fraction of sp³-hybridized carbons (Fsp3) is 0.692. The molecule has 1 saturated carbocycles. The van der Waals surface area contributed by atoms with E-state index in [9.17, 15) is 0 Å². The van der Waals surface area contributed by atoms with Crippen LogP contribution in [0.5, 0.6) is 0 Å². The van der Waals surface area contributed by atoms with E-state index in [4.69, 9.17) is 5.73 Å². The van der Waals surface area contributed by atoms with Gasteiger partial charge in [-0.15, -0.1) is 0 Å². The molecule has 0 saturated heterocycles. The van der Waals surface area contributed by atoms with Gasteiger partial charge in [0.05, 0.1) is 5.69 Å². The Bertz CT molecular complexity index is 439. The quantitative estimate of drug-likeness (QED) is 0.818. The van der Waals surface area contributed by atoms with Gasteiger partial charge < -0.3 is 16.0 Å². The van der Waals surface area contributed by atoms with Crippen molar-refractivity contribution in [1.82, 2.24) is 15.3 Å². The van der Waals surface area contributed by atoms with Gasteiger partial charge in [0, 0.05) is 38.2 Å². The second-order valence-corrected chi connectivity index (χ2v) is 5.31. The van der Waals surface area contributed by atoms with Crippen molar-refractivity contribution in [3.63, 3.8) is 0 Å². The Kier molecular flexibility index (Phi) is 3.07. The third-order valence-electron chi connectivity index (χ3n) is 4.14. The molecule has 0 atom stereocenters. The topological polar surface area (TPSA) is 67.1 Å².